The van der Waals surface area contributed by atoms with E-state index in [1.165, 1.54) is 6.33 Å². The molecule has 2 rings (SSSR count). The van der Waals surface area contributed by atoms with Crippen LogP contribution in [0.5, 0.6) is 0 Å². The molecule has 0 fully saturated rings. The molecule has 2 heterocycles. The summed E-state index contributed by atoms with van der Waals surface area (Å²) >= 11 is 3.34. The summed E-state index contributed by atoms with van der Waals surface area (Å²) < 4.78 is 0.987. The molecular formula is C9H10BrN5. The van der Waals surface area contributed by atoms with E-state index in [0.717, 1.165) is 16.0 Å². The van der Waals surface area contributed by atoms with Crippen molar-refractivity contribution < 1.29 is 0 Å². The summed E-state index contributed by atoms with van der Waals surface area (Å²) in [6.07, 6.45) is 3.28. The first kappa shape index (κ1) is 10.3. The van der Waals surface area contributed by atoms with E-state index in [1.54, 1.807) is 6.20 Å². The van der Waals surface area contributed by atoms with Crippen molar-refractivity contribution >= 4 is 15.9 Å². The molecular weight excluding hydrogens is 258 g/mol. The van der Waals surface area contributed by atoms with Gasteiger partial charge in [-0.1, -0.05) is 0 Å². The zero-order valence-corrected chi connectivity index (χ0v) is 9.53. The molecule has 0 aliphatic carbocycles. The highest BCUT2D eigenvalue weighted by atomic mass is 79.9. The second-order valence-corrected chi connectivity index (χ2v) is 3.92. The van der Waals surface area contributed by atoms with Crippen molar-refractivity contribution in [2.75, 3.05) is 0 Å². The van der Waals surface area contributed by atoms with E-state index in [4.69, 9.17) is 0 Å². The van der Waals surface area contributed by atoms with E-state index < -0.39 is 0 Å². The van der Waals surface area contributed by atoms with Gasteiger partial charge in [0.15, 0.2) is 0 Å². The lowest BCUT2D eigenvalue weighted by molar-refractivity contribution is 0.654. The number of hydrogen-bond acceptors (Lipinski definition) is 4. The quantitative estimate of drug-likeness (QED) is 0.875. The summed E-state index contributed by atoms with van der Waals surface area (Å²) in [4.78, 5) is 8.25. The molecule has 0 saturated heterocycles. The second-order valence-electron chi connectivity index (χ2n) is 3.00. The average molecular weight is 268 g/mol. The third-order valence-corrected chi connectivity index (χ3v) is 2.32. The Balaban J connectivity index is 1.81. The first-order chi connectivity index (χ1) is 7.34. The van der Waals surface area contributed by atoms with Gasteiger partial charge in [-0.15, -0.1) is 0 Å². The number of hydrogen-bond donors (Lipinski definition) is 2. The highest BCUT2D eigenvalue weighted by Gasteiger charge is 1.96. The molecule has 2 N–H and O–H groups in total. The first-order valence-corrected chi connectivity index (χ1v) is 5.29. The molecule has 78 valence electrons. The number of H-pyrrole nitrogens is 1. The molecule has 2 aromatic rings. The Morgan fingerprint density at radius 2 is 2.20 bits per heavy atom. The van der Waals surface area contributed by atoms with Gasteiger partial charge in [0.2, 0.25) is 0 Å². The summed E-state index contributed by atoms with van der Waals surface area (Å²) in [5.41, 5.74) is 0.998. The highest BCUT2D eigenvalue weighted by molar-refractivity contribution is 9.10. The van der Waals surface area contributed by atoms with Crippen molar-refractivity contribution in [2.45, 2.75) is 13.1 Å². The Morgan fingerprint density at radius 3 is 2.87 bits per heavy atom. The molecule has 2 aromatic heterocycles. The zero-order valence-electron chi connectivity index (χ0n) is 7.94. The molecule has 0 amide bonds. The van der Waals surface area contributed by atoms with E-state index in [0.29, 0.717) is 13.1 Å². The molecule has 0 unspecified atom stereocenters. The molecule has 15 heavy (non-hydrogen) atoms. The number of aromatic amines is 1. The summed E-state index contributed by atoms with van der Waals surface area (Å²) in [7, 11) is 0. The second kappa shape index (κ2) is 4.99. The van der Waals surface area contributed by atoms with Crippen LogP contribution in [0, 0.1) is 0 Å². The summed E-state index contributed by atoms with van der Waals surface area (Å²) in [5.74, 6) is 0.826. The van der Waals surface area contributed by atoms with E-state index in [2.05, 4.69) is 41.4 Å². The zero-order chi connectivity index (χ0) is 10.5. The summed E-state index contributed by atoms with van der Waals surface area (Å²) in [6, 6.07) is 3.94. The predicted octanol–water partition coefficient (Wildman–Crippen LogP) is 1.25. The van der Waals surface area contributed by atoms with Crippen LogP contribution in [0.2, 0.25) is 0 Å². The largest absolute Gasteiger partial charge is 0.304 e. The summed E-state index contributed by atoms with van der Waals surface area (Å²) in [5, 5.41) is 9.75. The monoisotopic (exact) mass is 267 g/mol. The molecule has 6 heteroatoms. The highest BCUT2D eigenvalue weighted by Crippen LogP contribution is 2.07. The Kier molecular flexibility index (Phi) is 3.41. The van der Waals surface area contributed by atoms with Crippen LogP contribution in [0.3, 0.4) is 0 Å². The van der Waals surface area contributed by atoms with Gasteiger partial charge >= 0.3 is 0 Å². The van der Waals surface area contributed by atoms with Crippen molar-refractivity contribution in [1.29, 1.82) is 0 Å². The molecule has 0 aromatic carbocycles. The van der Waals surface area contributed by atoms with Crippen molar-refractivity contribution in [2.24, 2.45) is 0 Å². The molecule has 0 radical (unpaired) electrons. The van der Waals surface area contributed by atoms with Crippen molar-refractivity contribution in [3.8, 4) is 0 Å². The standard InChI is InChI=1S/C9H10BrN5/c10-7-1-2-8(12-3-7)4-11-5-9-13-6-14-15-9/h1-3,6,11H,4-5H2,(H,13,14,15). The van der Waals surface area contributed by atoms with Gasteiger partial charge in [-0.05, 0) is 28.1 Å². The minimum Gasteiger partial charge on any atom is -0.304 e. The lowest BCUT2D eigenvalue weighted by atomic mass is 10.3. The minimum absolute atomic E-state index is 0.664. The van der Waals surface area contributed by atoms with Crippen molar-refractivity contribution in [1.82, 2.24) is 25.5 Å². The van der Waals surface area contributed by atoms with Gasteiger partial charge < -0.3 is 5.32 Å². The van der Waals surface area contributed by atoms with Crippen LogP contribution in [-0.4, -0.2) is 20.2 Å². The molecule has 0 atom stereocenters. The average Bonchev–Trinajstić information content (AvgIpc) is 2.74. The topological polar surface area (TPSA) is 66.5 Å². The fraction of sp³-hybridized carbons (Fsp3) is 0.222. The Morgan fingerprint density at radius 1 is 1.27 bits per heavy atom. The van der Waals surface area contributed by atoms with E-state index >= 15 is 0 Å². The van der Waals surface area contributed by atoms with Crippen LogP contribution in [0.25, 0.3) is 0 Å². The van der Waals surface area contributed by atoms with E-state index in [9.17, 15) is 0 Å². The van der Waals surface area contributed by atoms with Crippen LogP contribution in [-0.2, 0) is 13.1 Å². The van der Waals surface area contributed by atoms with Gasteiger partial charge in [-0.25, -0.2) is 4.98 Å². The third kappa shape index (κ3) is 3.10. The van der Waals surface area contributed by atoms with Gasteiger partial charge in [0.25, 0.3) is 0 Å². The van der Waals surface area contributed by atoms with Gasteiger partial charge in [0.1, 0.15) is 12.2 Å². The van der Waals surface area contributed by atoms with Crippen LogP contribution in [0.1, 0.15) is 11.5 Å². The minimum atomic E-state index is 0.664. The molecule has 0 saturated carbocycles. The van der Waals surface area contributed by atoms with Crippen molar-refractivity contribution in [3.05, 3.63) is 40.6 Å². The normalized spacial score (nSPS) is 10.5. The van der Waals surface area contributed by atoms with Gasteiger partial charge in [0.05, 0.1) is 12.2 Å². The predicted molar refractivity (Wildman–Crippen MR) is 58.9 cm³/mol. The van der Waals surface area contributed by atoms with E-state index in [-0.39, 0.29) is 0 Å². The van der Waals surface area contributed by atoms with Gasteiger partial charge in [-0.3, -0.25) is 10.1 Å². The number of nitrogens with zero attached hydrogens (tertiary/aromatic N) is 3. The number of aromatic nitrogens is 4. The number of nitrogens with one attached hydrogen (secondary N) is 2. The lowest BCUT2D eigenvalue weighted by Crippen LogP contribution is -2.14. The van der Waals surface area contributed by atoms with Crippen molar-refractivity contribution in [3.63, 3.8) is 0 Å². The Labute approximate surface area is 95.5 Å². The van der Waals surface area contributed by atoms with Crippen LogP contribution in [0.4, 0.5) is 0 Å². The van der Waals surface area contributed by atoms with Gasteiger partial charge in [-0.2, -0.15) is 5.10 Å². The fourth-order valence-corrected chi connectivity index (χ4v) is 1.37. The van der Waals surface area contributed by atoms with Gasteiger partial charge in [0, 0.05) is 17.2 Å². The molecule has 5 nitrogen and oxygen atoms in total. The smallest absolute Gasteiger partial charge is 0.138 e. The number of halogens is 1. The lowest BCUT2D eigenvalue weighted by Gasteiger charge is -2.01. The number of rotatable bonds is 4. The van der Waals surface area contributed by atoms with Crippen LogP contribution < -0.4 is 5.32 Å². The number of pyridine rings is 1. The maximum absolute atomic E-state index is 4.24. The maximum Gasteiger partial charge on any atom is 0.138 e. The fourth-order valence-electron chi connectivity index (χ4n) is 1.14. The van der Waals surface area contributed by atoms with E-state index in [1.807, 2.05) is 12.1 Å². The summed E-state index contributed by atoms with van der Waals surface area (Å²) in [6.45, 7) is 1.38. The van der Waals surface area contributed by atoms with Crippen LogP contribution in [0.15, 0.2) is 29.1 Å². The Hall–Kier alpha value is -1.27. The van der Waals surface area contributed by atoms with Crippen LogP contribution >= 0.6 is 15.9 Å². The molecule has 0 bridgehead atoms. The Bertz CT molecular complexity index is 397. The molecule has 0 aliphatic heterocycles. The third-order valence-electron chi connectivity index (χ3n) is 1.85. The SMILES string of the molecule is Brc1ccc(CNCc2ncn[nH]2)nc1. The molecule has 0 spiro atoms. The maximum atomic E-state index is 4.24. The molecule has 0 aliphatic rings. The first-order valence-electron chi connectivity index (χ1n) is 4.50.